The first-order valence-corrected chi connectivity index (χ1v) is 9.23. The molecular formula is C18H23N3OS. The molecule has 23 heavy (non-hydrogen) atoms. The van der Waals surface area contributed by atoms with E-state index in [9.17, 15) is 4.79 Å². The summed E-state index contributed by atoms with van der Waals surface area (Å²) in [6, 6.07) is 6.12. The third-order valence-corrected chi connectivity index (χ3v) is 5.36. The zero-order chi connectivity index (χ0) is 16.1. The van der Waals surface area contributed by atoms with E-state index >= 15 is 0 Å². The van der Waals surface area contributed by atoms with Gasteiger partial charge in [0.1, 0.15) is 5.01 Å². The molecule has 4 nitrogen and oxygen atoms in total. The van der Waals surface area contributed by atoms with Crippen molar-refractivity contribution in [2.24, 2.45) is 0 Å². The molecule has 0 saturated carbocycles. The molecule has 2 aromatic heterocycles. The molecule has 2 aromatic rings. The molecule has 3 rings (SSSR count). The van der Waals surface area contributed by atoms with Gasteiger partial charge >= 0.3 is 0 Å². The number of aryl methyl sites for hydroxylation is 2. The summed E-state index contributed by atoms with van der Waals surface area (Å²) in [4.78, 5) is 23.6. The van der Waals surface area contributed by atoms with Gasteiger partial charge in [0, 0.05) is 35.9 Å². The van der Waals surface area contributed by atoms with Gasteiger partial charge in [-0.25, -0.2) is 4.98 Å². The molecule has 3 heterocycles. The van der Waals surface area contributed by atoms with Crippen molar-refractivity contribution in [3.63, 3.8) is 0 Å². The second-order valence-electron chi connectivity index (χ2n) is 6.10. The third-order valence-electron chi connectivity index (χ3n) is 4.29. The Hall–Kier alpha value is -1.75. The molecule has 0 spiro atoms. The number of rotatable bonds is 5. The first-order chi connectivity index (χ1) is 11.2. The highest BCUT2D eigenvalue weighted by Crippen LogP contribution is 2.33. The predicted molar refractivity (Wildman–Crippen MR) is 92.3 cm³/mol. The van der Waals surface area contributed by atoms with E-state index in [2.05, 4.69) is 20.2 Å². The Morgan fingerprint density at radius 1 is 1.39 bits per heavy atom. The molecule has 1 fully saturated rings. The topological polar surface area (TPSA) is 46.1 Å². The highest BCUT2D eigenvalue weighted by Gasteiger charge is 2.29. The number of hydrogen-bond acceptors (Lipinski definition) is 4. The standard InChI is InChI=1S/C18H23N3OS/c1-14-13-23-18(20-14)16-9-3-5-12-21(16)17(22)10-6-8-15-7-2-4-11-19-15/h2,4,7,11,13,16H,3,5-6,8-10,12H2,1H3/t16-/m0/s1. The van der Waals surface area contributed by atoms with Crippen LogP contribution in [0.4, 0.5) is 0 Å². The molecule has 1 saturated heterocycles. The van der Waals surface area contributed by atoms with Crippen LogP contribution >= 0.6 is 11.3 Å². The molecule has 5 heteroatoms. The summed E-state index contributed by atoms with van der Waals surface area (Å²) < 4.78 is 0. The predicted octanol–water partition coefficient (Wildman–Crippen LogP) is 3.92. The summed E-state index contributed by atoms with van der Waals surface area (Å²) in [5.74, 6) is 0.262. The van der Waals surface area contributed by atoms with E-state index in [4.69, 9.17) is 0 Å². The van der Waals surface area contributed by atoms with Crippen LogP contribution in [0.5, 0.6) is 0 Å². The number of thiazole rings is 1. The zero-order valence-corrected chi connectivity index (χ0v) is 14.4. The van der Waals surface area contributed by atoms with Crippen LogP contribution in [0.25, 0.3) is 0 Å². The second-order valence-corrected chi connectivity index (χ2v) is 6.99. The van der Waals surface area contributed by atoms with Crippen LogP contribution < -0.4 is 0 Å². The largest absolute Gasteiger partial charge is 0.333 e. The highest BCUT2D eigenvalue weighted by molar-refractivity contribution is 7.09. The number of pyridine rings is 1. The number of nitrogens with zero attached hydrogens (tertiary/aromatic N) is 3. The van der Waals surface area contributed by atoms with Gasteiger partial charge in [-0.2, -0.15) is 0 Å². The van der Waals surface area contributed by atoms with Crippen molar-refractivity contribution < 1.29 is 4.79 Å². The first kappa shape index (κ1) is 16.1. The van der Waals surface area contributed by atoms with Crippen LogP contribution in [0.15, 0.2) is 29.8 Å². The lowest BCUT2D eigenvalue weighted by Crippen LogP contribution is -2.38. The van der Waals surface area contributed by atoms with Gasteiger partial charge < -0.3 is 4.90 Å². The fourth-order valence-electron chi connectivity index (χ4n) is 3.12. The monoisotopic (exact) mass is 329 g/mol. The average molecular weight is 329 g/mol. The smallest absolute Gasteiger partial charge is 0.223 e. The molecule has 0 unspecified atom stereocenters. The van der Waals surface area contributed by atoms with Gasteiger partial charge in [0.25, 0.3) is 0 Å². The van der Waals surface area contributed by atoms with E-state index in [1.807, 2.05) is 31.3 Å². The summed E-state index contributed by atoms with van der Waals surface area (Å²) in [5, 5.41) is 3.17. The van der Waals surface area contributed by atoms with Gasteiger partial charge in [0.15, 0.2) is 0 Å². The first-order valence-electron chi connectivity index (χ1n) is 8.35. The molecule has 0 radical (unpaired) electrons. The maximum atomic E-state index is 12.7. The summed E-state index contributed by atoms with van der Waals surface area (Å²) in [7, 11) is 0. The van der Waals surface area contributed by atoms with Crippen LogP contribution in [0.3, 0.4) is 0 Å². The molecule has 122 valence electrons. The van der Waals surface area contributed by atoms with Crippen molar-refractivity contribution in [1.29, 1.82) is 0 Å². The molecular weight excluding hydrogens is 306 g/mol. The maximum Gasteiger partial charge on any atom is 0.223 e. The van der Waals surface area contributed by atoms with Crippen molar-refractivity contribution in [3.8, 4) is 0 Å². The van der Waals surface area contributed by atoms with Crippen LogP contribution in [-0.4, -0.2) is 27.3 Å². The van der Waals surface area contributed by atoms with Gasteiger partial charge in [-0.3, -0.25) is 9.78 Å². The number of carbonyl (C=O) groups excluding carboxylic acids is 1. The zero-order valence-electron chi connectivity index (χ0n) is 13.6. The second kappa shape index (κ2) is 7.68. The molecule has 1 aliphatic rings. The Labute approximate surface area is 141 Å². The van der Waals surface area contributed by atoms with E-state index in [1.54, 1.807) is 11.3 Å². The number of aromatic nitrogens is 2. The Kier molecular flexibility index (Phi) is 5.39. The molecule has 0 aliphatic carbocycles. The molecule has 1 atom stereocenters. The summed E-state index contributed by atoms with van der Waals surface area (Å²) in [6.07, 6.45) is 7.45. The SMILES string of the molecule is Cc1csc([C@@H]2CCCCN2C(=O)CCCc2ccccn2)n1. The van der Waals surface area contributed by atoms with E-state index < -0.39 is 0 Å². The molecule has 0 N–H and O–H groups in total. The molecule has 0 bridgehead atoms. The quantitative estimate of drug-likeness (QED) is 0.835. The lowest BCUT2D eigenvalue weighted by molar-refractivity contribution is -0.135. The normalized spacial score (nSPS) is 18.1. The van der Waals surface area contributed by atoms with Gasteiger partial charge in [-0.1, -0.05) is 6.07 Å². The number of likely N-dealkylation sites (tertiary alicyclic amines) is 1. The number of hydrogen-bond donors (Lipinski definition) is 0. The van der Waals surface area contributed by atoms with Gasteiger partial charge in [-0.15, -0.1) is 11.3 Å². The Bertz CT molecular complexity index is 641. The minimum Gasteiger partial charge on any atom is -0.333 e. The summed E-state index contributed by atoms with van der Waals surface area (Å²) >= 11 is 1.68. The van der Waals surface area contributed by atoms with Gasteiger partial charge in [-0.05, 0) is 51.2 Å². The van der Waals surface area contributed by atoms with Crippen LogP contribution in [0.2, 0.25) is 0 Å². The lowest BCUT2D eigenvalue weighted by Gasteiger charge is -2.34. The van der Waals surface area contributed by atoms with Crippen LogP contribution in [-0.2, 0) is 11.2 Å². The van der Waals surface area contributed by atoms with E-state index in [1.165, 1.54) is 6.42 Å². The number of carbonyl (C=O) groups is 1. The highest BCUT2D eigenvalue weighted by atomic mass is 32.1. The fourth-order valence-corrected chi connectivity index (χ4v) is 4.07. The number of amides is 1. The Morgan fingerprint density at radius 2 is 2.30 bits per heavy atom. The average Bonchev–Trinajstić information content (AvgIpc) is 3.02. The lowest BCUT2D eigenvalue weighted by atomic mass is 10.0. The minimum absolute atomic E-state index is 0.185. The van der Waals surface area contributed by atoms with E-state index in [-0.39, 0.29) is 11.9 Å². The van der Waals surface area contributed by atoms with Crippen molar-refractivity contribution in [1.82, 2.24) is 14.9 Å². The van der Waals surface area contributed by atoms with Crippen molar-refractivity contribution in [2.75, 3.05) is 6.54 Å². The molecule has 0 aromatic carbocycles. The van der Waals surface area contributed by atoms with Crippen LogP contribution in [0.1, 0.15) is 54.5 Å². The van der Waals surface area contributed by atoms with Gasteiger partial charge in [0.2, 0.25) is 5.91 Å². The summed E-state index contributed by atoms with van der Waals surface area (Å²) in [5.41, 5.74) is 2.11. The van der Waals surface area contributed by atoms with Crippen LogP contribution in [0, 0.1) is 6.92 Å². The van der Waals surface area contributed by atoms with E-state index in [0.29, 0.717) is 6.42 Å². The summed E-state index contributed by atoms with van der Waals surface area (Å²) in [6.45, 7) is 2.88. The Morgan fingerprint density at radius 3 is 3.04 bits per heavy atom. The van der Waals surface area contributed by atoms with Crippen molar-refractivity contribution >= 4 is 17.2 Å². The fraction of sp³-hybridized carbons (Fsp3) is 0.500. The van der Waals surface area contributed by atoms with Gasteiger partial charge in [0.05, 0.1) is 6.04 Å². The minimum atomic E-state index is 0.185. The Balaban J connectivity index is 1.58. The molecule has 1 aliphatic heterocycles. The van der Waals surface area contributed by atoms with E-state index in [0.717, 1.165) is 48.6 Å². The maximum absolute atomic E-state index is 12.7. The number of piperidine rings is 1. The van der Waals surface area contributed by atoms with Crippen molar-refractivity contribution in [2.45, 2.75) is 51.5 Å². The van der Waals surface area contributed by atoms with Crippen molar-refractivity contribution in [3.05, 3.63) is 46.2 Å². The molecule has 1 amide bonds. The third kappa shape index (κ3) is 4.16.